The summed E-state index contributed by atoms with van der Waals surface area (Å²) < 4.78 is 5.43. The standard InChI is InChI=1S/C9H14O2/c10-9-5-1-2-6(9)8-4-11-3-7(5)8/h5-10H,1-4H2/t5-,6-,7-,8-/m0/s1. The van der Waals surface area contributed by atoms with Crippen molar-refractivity contribution in [1.29, 1.82) is 0 Å². The molecule has 1 saturated heterocycles. The second kappa shape index (κ2) is 1.99. The van der Waals surface area contributed by atoms with Crippen LogP contribution >= 0.6 is 0 Å². The van der Waals surface area contributed by atoms with Gasteiger partial charge in [-0.3, -0.25) is 0 Å². The predicted octanol–water partition coefficient (Wildman–Crippen LogP) is 0.650. The van der Waals surface area contributed by atoms with E-state index in [1.54, 1.807) is 0 Å². The Balaban J connectivity index is 1.94. The van der Waals surface area contributed by atoms with Crippen LogP contribution in [0, 0.1) is 23.7 Å². The van der Waals surface area contributed by atoms with Gasteiger partial charge in [-0.1, -0.05) is 0 Å². The van der Waals surface area contributed by atoms with E-state index >= 15 is 0 Å². The molecule has 1 N–H and O–H groups in total. The quantitative estimate of drug-likeness (QED) is 0.555. The fraction of sp³-hybridized carbons (Fsp3) is 1.00. The van der Waals surface area contributed by atoms with Crippen LogP contribution in [0.3, 0.4) is 0 Å². The van der Waals surface area contributed by atoms with Gasteiger partial charge in [0.15, 0.2) is 0 Å². The zero-order chi connectivity index (χ0) is 7.42. The highest BCUT2D eigenvalue weighted by Crippen LogP contribution is 2.54. The van der Waals surface area contributed by atoms with E-state index in [1.165, 1.54) is 12.8 Å². The second-order valence-corrected chi connectivity index (χ2v) is 4.26. The Kier molecular flexibility index (Phi) is 1.16. The van der Waals surface area contributed by atoms with Crippen LogP contribution in [0.4, 0.5) is 0 Å². The summed E-state index contributed by atoms with van der Waals surface area (Å²) in [5.74, 6) is 2.60. The summed E-state index contributed by atoms with van der Waals surface area (Å²) in [6.07, 6.45) is 2.51. The van der Waals surface area contributed by atoms with Gasteiger partial charge in [0, 0.05) is 0 Å². The largest absolute Gasteiger partial charge is 0.393 e. The number of ether oxygens (including phenoxy) is 1. The minimum absolute atomic E-state index is 0.0221. The van der Waals surface area contributed by atoms with E-state index in [-0.39, 0.29) is 6.10 Å². The van der Waals surface area contributed by atoms with E-state index in [4.69, 9.17) is 4.74 Å². The molecule has 3 aliphatic rings. The lowest BCUT2D eigenvalue weighted by atomic mass is 9.82. The summed E-state index contributed by atoms with van der Waals surface area (Å²) in [6.45, 7) is 1.84. The molecule has 62 valence electrons. The van der Waals surface area contributed by atoms with E-state index in [0.717, 1.165) is 13.2 Å². The van der Waals surface area contributed by atoms with Crippen molar-refractivity contribution < 1.29 is 9.84 Å². The lowest BCUT2D eigenvalue weighted by molar-refractivity contribution is 0.0808. The van der Waals surface area contributed by atoms with E-state index in [9.17, 15) is 5.11 Å². The van der Waals surface area contributed by atoms with E-state index < -0.39 is 0 Å². The maximum absolute atomic E-state index is 9.78. The van der Waals surface area contributed by atoms with Crippen LogP contribution in [0.15, 0.2) is 0 Å². The topological polar surface area (TPSA) is 29.5 Å². The minimum Gasteiger partial charge on any atom is -0.393 e. The molecule has 0 aromatic heterocycles. The lowest BCUT2D eigenvalue weighted by Crippen LogP contribution is -2.19. The van der Waals surface area contributed by atoms with Crippen molar-refractivity contribution in [2.24, 2.45) is 23.7 Å². The normalized spacial score (nSPS) is 60.3. The Morgan fingerprint density at radius 2 is 1.45 bits per heavy atom. The molecule has 2 aliphatic carbocycles. The molecule has 0 amide bonds. The molecule has 3 fully saturated rings. The van der Waals surface area contributed by atoms with Crippen molar-refractivity contribution >= 4 is 0 Å². The summed E-state index contributed by atoms with van der Waals surface area (Å²) in [7, 11) is 0. The Morgan fingerprint density at radius 1 is 0.909 bits per heavy atom. The van der Waals surface area contributed by atoms with Gasteiger partial charge in [-0.25, -0.2) is 0 Å². The minimum atomic E-state index is 0.0221. The summed E-state index contributed by atoms with van der Waals surface area (Å²) in [5, 5.41) is 9.78. The third-order valence-electron chi connectivity index (χ3n) is 3.98. The van der Waals surface area contributed by atoms with Crippen LogP contribution in [0.25, 0.3) is 0 Å². The molecule has 0 spiro atoms. The molecular weight excluding hydrogens is 140 g/mol. The van der Waals surface area contributed by atoms with Crippen LogP contribution < -0.4 is 0 Å². The first-order valence-electron chi connectivity index (χ1n) is 4.64. The molecule has 0 unspecified atom stereocenters. The first-order valence-corrected chi connectivity index (χ1v) is 4.64. The fourth-order valence-corrected chi connectivity index (χ4v) is 3.45. The Bertz CT molecular complexity index is 153. The maximum atomic E-state index is 9.78. The Hall–Kier alpha value is -0.0800. The van der Waals surface area contributed by atoms with Crippen molar-refractivity contribution in [1.82, 2.24) is 0 Å². The lowest BCUT2D eigenvalue weighted by Gasteiger charge is -2.20. The van der Waals surface area contributed by atoms with Crippen molar-refractivity contribution in [3.63, 3.8) is 0 Å². The summed E-state index contributed by atoms with van der Waals surface area (Å²) >= 11 is 0. The van der Waals surface area contributed by atoms with Crippen LogP contribution in [0.2, 0.25) is 0 Å². The number of rotatable bonds is 0. The zero-order valence-electron chi connectivity index (χ0n) is 6.57. The van der Waals surface area contributed by atoms with Crippen molar-refractivity contribution in [2.45, 2.75) is 18.9 Å². The average Bonchev–Trinajstić information content (AvgIpc) is 2.61. The van der Waals surface area contributed by atoms with Crippen LogP contribution in [0.5, 0.6) is 0 Å². The van der Waals surface area contributed by atoms with Gasteiger partial charge >= 0.3 is 0 Å². The van der Waals surface area contributed by atoms with Gasteiger partial charge < -0.3 is 9.84 Å². The predicted molar refractivity (Wildman–Crippen MR) is 40.0 cm³/mol. The fourth-order valence-electron chi connectivity index (χ4n) is 3.45. The van der Waals surface area contributed by atoms with Gasteiger partial charge in [-0.2, -0.15) is 0 Å². The van der Waals surface area contributed by atoms with Crippen LogP contribution in [-0.4, -0.2) is 24.4 Å². The first-order chi connectivity index (χ1) is 5.38. The number of aliphatic hydroxyl groups excluding tert-OH is 1. The molecule has 3 rings (SSSR count). The molecule has 2 bridgehead atoms. The van der Waals surface area contributed by atoms with Gasteiger partial charge in [0.1, 0.15) is 0 Å². The molecule has 1 heterocycles. The monoisotopic (exact) mass is 154 g/mol. The second-order valence-electron chi connectivity index (χ2n) is 4.26. The third-order valence-corrected chi connectivity index (χ3v) is 3.98. The number of aliphatic hydroxyl groups is 1. The van der Waals surface area contributed by atoms with Gasteiger partial charge in [-0.05, 0) is 36.5 Å². The molecule has 1 aliphatic heterocycles. The van der Waals surface area contributed by atoms with E-state index in [2.05, 4.69) is 0 Å². The number of fused-ring (bicyclic) bond motifs is 5. The molecule has 2 heteroatoms. The molecule has 0 aromatic rings. The highest BCUT2D eigenvalue weighted by molar-refractivity contribution is 5.04. The van der Waals surface area contributed by atoms with Crippen molar-refractivity contribution in [2.75, 3.05) is 13.2 Å². The zero-order valence-corrected chi connectivity index (χ0v) is 6.57. The van der Waals surface area contributed by atoms with Gasteiger partial charge in [-0.15, -0.1) is 0 Å². The van der Waals surface area contributed by atoms with E-state index in [0.29, 0.717) is 23.7 Å². The van der Waals surface area contributed by atoms with Crippen LogP contribution in [-0.2, 0) is 4.74 Å². The molecule has 0 radical (unpaired) electrons. The van der Waals surface area contributed by atoms with Gasteiger partial charge in [0.2, 0.25) is 0 Å². The molecule has 11 heavy (non-hydrogen) atoms. The molecule has 0 aromatic carbocycles. The van der Waals surface area contributed by atoms with Crippen LogP contribution in [0.1, 0.15) is 12.8 Å². The summed E-state index contributed by atoms with van der Waals surface area (Å²) in [5.41, 5.74) is 0. The van der Waals surface area contributed by atoms with Gasteiger partial charge in [0.25, 0.3) is 0 Å². The SMILES string of the molecule is OC1[C@H]2CC[C@H]1[C@@H]1COC[C@H]12. The summed E-state index contributed by atoms with van der Waals surface area (Å²) in [4.78, 5) is 0. The average molecular weight is 154 g/mol. The van der Waals surface area contributed by atoms with Gasteiger partial charge in [0.05, 0.1) is 19.3 Å². The number of hydrogen-bond acceptors (Lipinski definition) is 2. The van der Waals surface area contributed by atoms with Crippen molar-refractivity contribution in [3.05, 3.63) is 0 Å². The Labute approximate surface area is 66.5 Å². The highest BCUT2D eigenvalue weighted by Gasteiger charge is 2.55. The molecule has 2 nitrogen and oxygen atoms in total. The molecular formula is C9H14O2. The highest BCUT2D eigenvalue weighted by atomic mass is 16.5. The molecule has 4 atom stereocenters. The maximum Gasteiger partial charge on any atom is 0.0603 e. The Morgan fingerprint density at radius 3 is 2.00 bits per heavy atom. The molecule has 2 saturated carbocycles. The summed E-state index contributed by atoms with van der Waals surface area (Å²) in [6, 6.07) is 0. The first kappa shape index (κ1) is 6.44. The third kappa shape index (κ3) is 0.651. The number of hydrogen-bond donors (Lipinski definition) is 1. The van der Waals surface area contributed by atoms with Crippen molar-refractivity contribution in [3.8, 4) is 0 Å². The van der Waals surface area contributed by atoms with E-state index in [1.807, 2.05) is 0 Å². The smallest absolute Gasteiger partial charge is 0.0603 e.